The first-order valence-electron chi connectivity index (χ1n) is 11.1. The first-order chi connectivity index (χ1) is 15.2. The highest BCUT2D eigenvalue weighted by Crippen LogP contribution is 2.47. The normalized spacial score (nSPS) is 19.3. The number of benzene rings is 2. The van der Waals surface area contributed by atoms with Gasteiger partial charge in [0.1, 0.15) is 5.75 Å². The molecule has 2 aromatic rings. The van der Waals surface area contributed by atoms with Gasteiger partial charge in [0, 0.05) is 17.0 Å². The average molecular weight is 470 g/mol. The van der Waals surface area contributed by atoms with Crippen LogP contribution in [0.3, 0.4) is 0 Å². The highest BCUT2D eigenvalue weighted by atomic mass is 35.5. The van der Waals surface area contributed by atoms with E-state index in [1.54, 1.807) is 0 Å². The third kappa shape index (κ3) is 6.18. The van der Waals surface area contributed by atoms with E-state index in [-0.39, 0.29) is 11.5 Å². The number of likely N-dealkylation sites (tertiary alicyclic amines) is 1. The van der Waals surface area contributed by atoms with E-state index in [1.807, 2.05) is 12.1 Å². The minimum Gasteiger partial charge on any atom is -0.497 e. The molecule has 0 radical (unpaired) electrons. The summed E-state index contributed by atoms with van der Waals surface area (Å²) in [7, 11) is 1.41. The lowest BCUT2D eigenvalue weighted by molar-refractivity contribution is -0.137. The standard InChI is InChI=1S/C17H24ClNO.C8H7F3O/c18-15-7-5-14(6-8-15)17(9-4-10-17)16(20)13-19-11-2-1-3-12-19;1-12-7-4-2-6(3-5-7)8(9,10)11/h5-8,16,20H,1-4,9-13H2;2-5H,1H3. The number of aliphatic hydroxyl groups excluding tert-OH is 1. The van der Waals surface area contributed by atoms with Crippen molar-refractivity contribution in [2.24, 2.45) is 0 Å². The number of hydrogen-bond acceptors (Lipinski definition) is 3. The van der Waals surface area contributed by atoms with Crippen molar-refractivity contribution in [2.45, 2.75) is 56.2 Å². The molecule has 3 nitrogen and oxygen atoms in total. The maximum atomic E-state index is 12.0. The molecule has 0 spiro atoms. The van der Waals surface area contributed by atoms with Gasteiger partial charge < -0.3 is 14.7 Å². The van der Waals surface area contributed by atoms with Gasteiger partial charge in [-0.1, -0.05) is 36.6 Å². The Hall–Kier alpha value is -1.76. The van der Waals surface area contributed by atoms with Gasteiger partial charge in [-0.05, 0) is 80.7 Å². The van der Waals surface area contributed by atoms with Gasteiger partial charge in [-0.2, -0.15) is 13.2 Å². The second-order valence-electron chi connectivity index (χ2n) is 8.62. The summed E-state index contributed by atoms with van der Waals surface area (Å²) in [5.74, 6) is 0.419. The fourth-order valence-corrected chi connectivity index (χ4v) is 4.62. The van der Waals surface area contributed by atoms with Gasteiger partial charge in [-0.25, -0.2) is 0 Å². The monoisotopic (exact) mass is 469 g/mol. The summed E-state index contributed by atoms with van der Waals surface area (Å²) >= 11 is 5.99. The molecule has 2 fully saturated rings. The lowest BCUT2D eigenvalue weighted by Gasteiger charge is -2.47. The zero-order chi connectivity index (χ0) is 23.2. The maximum Gasteiger partial charge on any atom is 0.416 e. The van der Waals surface area contributed by atoms with Crippen LogP contribution in [-0.4, -0.2) is 42.9 Å². The van der Waals surface area contributed by atoms with Gasteiger partial charge >= 0.3 is 6.18 Å². The van der Waals surface area contributed by atoms with Crippen LogP contribution < -0.4 is 4.74 Å². The molecular weight excluding hydrogens is 439 g/mol. The molecule has 1 heterocycles. The van der Waals surface area contributed by atoms with Crippen molar-refractivity contribution < 1.29 is 23.0 Å². The summed E-state index contributed by atoms with van der Waals surface area (Å²) < 4.78 is 40.7. The van der Waals surface area contributed by atoms with Gasteiger partial charge in [0.2, 0.25) is 0 Å². The van der Waals surface area contributed by atoms with E-state index < -0.39 is 11.7 Å². The third-order valence-electron chi connectivity index (χ3n) is 6.60. The number of halogens is 4. The van der Waals surface area contributed by atoms with Crippen LogP contribution in [0.4, 0.5) is 13.2 Å². The van der Waals surface area contributed by atoms with Crippen LogP contribution in [0.25, 0.3) is 0 Å². The van der Waals surface area contributed by atoms with E-state index in [4.69, 9.17) is 16.3 Å². The Morgan fingerprint density at radius 3 is 2.03 bits per heavy atom. The fraction of sp³-hybridized carbons (Fsp3) is 0.520. The van der Waals surface area contributed by atoms with Crippen molar-refractivity contribution in [3.05, 3.63) is 64.7 Å². The molecule has 32 heavy (non-hydrogen) atoms. The quantitative estimate of drug-likeness (QED) is 0.556. The van der Waals surface area contributed by atoms with Crippen molar-refractivity contribution >= 4 is 11.6 Å². The highest BCUT2D eigenvalue weighted by Gasteiger charge is 2.45. The Labute approximate surface area is 193 Å². The number of β-amino-alcohol motifs (C(OH)–C–C–N with tert-alkyl or cyclic N) is 1. The summed E-state index contributed by atoms with van der Waals surface area (Å²) in [6.45, 7) is 3.12. The third-order valence-corrected chi connectivity index (χ3v) is 6.85. The number of hydrogen-bond donors (Lipinski definition) is 1. The van der Waals surface area contributed by atoms with Crippen molar-refractivity contribution in [3.63, 3.8) is 0 Å². The molecule has 1 atom stereocenters. The number of nitrogens with zero attached hydrogens (tertiary/aromatic N) is 1. The van der Waals surface area contributed by atoms with Crippen LogP contribution in [0.5, 0.6) is 5.75 Å². The number of piperidine rings is 1. The molecule has 2 aromatic carbocycles. The molecule has 1 aliphatic heterocycles. The molecule has 0 amide bonds. The number of rotatable bonds is 5. The predicted molar refractivity (Wildman–Crippen MR) is 121 cm³/mol. The van der Waals surface area contributed by atoms with Gasteiger partial charge in [0.15, 0.2) is 0 Å². The molecule has 7 heteroatoms. The Morgan fingerprint density at radius 1 is 0.969 bits per heavy atom. The number of alkyl halides is 3. The smallest absolute Gasteiger partial charge is 0.416 e. The summed E-state index contributed by atoms with van der Waals surface area (Å²) in [6, 6.07) is 12.6. The predicted octanol–water partition coefficient (Wildman–Crippen LogP) is 6.32. The molecule has 4 rings (SSSR count). The number of aliphatic hydroxyl groups is 1. The average Bonchev–Trinajstić information content (AvgIpc) is 2.75. The molecule has 0 bridgehead atoms. The van der Waals surface area contributed by atoms with Crippen molar-refractivity contribution in [3.8, 4) is 5.75 Å². The minimum atomic E-state index is -4.27. The lowest BCUT2D eigenvalue weighted by atomic mass is 9.61. The molecular formula is C25H31ClF3NO2. The van der Waals surface area contributed by atoms with Crippen molar-refractivity contribution in [1.29, 1.82) is 0 Å². The molecule has 1 N–H and O–H groups in total. The summed E-state index contributed by atoms with van der Waals surface area (Å²) in [4.78, 5) is 2.43. The van der Waals surface area contributed by atoms with Crippen molar-refractivity contribution in [2.75, 3.05) is 26.7 Å². The molecule has 0 aromatic heterocycles. The highest BCUT2D eigenvalue weighted by molar-refractivity contribution is 6.30. The zero-order valence-corrected chi connectivity index (χ0v) is 19.1. The first kappa shape index (κ1) is 24.9. The second-order valence-corrected chi connectivity index (χ2v) is 9.06. The molecule has 1 saturated heterocycles. The molecule has 2 aliphatic rings. The summed E-state index contributed by atoms with van der Waals surface area (Å²) in [5, 5.41) is 11.6. The van der Waals surface area contributed by atoms with Crippen LogP contribution in [0.15, 0.2) is 48.5 Å². The van der Waals surface area contributed by atoms with Crippen LogP contribution in [0, 0.1) is 0 Å². The van der Waals surface area contributed by atoms with Crippen LogP contribution in [-0.2, 0) is 11.6 Å². The summed E-state index contributed by atoms with van der Waals surface area (Å²) in [5.41, 5.74) is 0.572. The Balaban J connectivity index is 0.000000207. The molecule has 1 unspecified atom stereocenters. The van der Waals surface area contributed by atoms with Gasteiger partial charge in [-0.3, -0.25) is 0 Å². The zero-order valence-electron chi connectivity index (χ0n) is 18.4. The number of ether oxygens (including phenoxy) is 1. The molecule has 1 aliphatic carbocycles. The Kier molecular flexibility index (Phi) is 8.48. The summed E-state index contributed by atoms with van der Waals surface area (Å²) in [6.07, 6.45) is 2.80. The Bertz CT molecular complexity index is 830. The molecule has 1 saturated carbocycles. The van der Waals surface area contributed by atoms with E-state index in [2.05, 4.69) is 17.0 Å². The maximum absolute atomic E-state index is 12.0. The SMILES string of the molecule is COc1ccc(C(F)(F)F)cc1.OC(CN1CCCCC1)C1(c2ccc(Cl)cc2)CCC1. The topological polar surface area (TPSA) is 32.7 Å². The van der Waals surface area contributed by atoms with Crippen LogP contribution >= 0.6 is 11.6 Å². The number of methoxy groups -OCH3 is 1. The van der Waals surface area contributed by atoms with Crippen LogP contribution in [0.2, 0.25) is 5.02 Å². The van der Waals surface area contributed by atoms with E-state index in [0.29, 0.717) is 5.75 Å². The van der Waals surface area contributed by atoms with Gasteiger partial charge in [-0.15, -0.1) is 0 Å². The van der Waals surface area contributed by atoms with E-state index in [9.17, 15) is 18.3 Å². The van der Waals surface area contributed by atoms with E-state index in [1.165, 1.54) is 50.5 Å². The largest absolute Gasteiger partial charge is 0.497 e. The van der Waals surface area contributed by atoms with Gasteiger partial charge in [0.25, 0.3) is 0 Å². The lowest BCUT2D eigenvalue weighted by Crippen LogP contribution is -2.51. The fourth-order valence-electron chi connectivity index (χ4n) is 4.50. The Morgan fingerprint density at radius 2 is 1.56 bits per heavy atom. The van der Waals surface area contributed by atoms with E-state index in [0.717, 1.165) is 49.6 Å². The molecule has 176 valence electrons. The first-order valence-corrected chi connectivity index (χ1v) is 11.5. The van der Waals surface area contributed by atoms with Crippen molar-refractivity contribution in [1.82, 2.24) is 4.90 Å². The minimum absolute atomic E-state index is 0.0258. The van der Waals surface area contributed by atoms with Gasteiger partial charge in [0.05, 0.1) is 18.8 Å². The van der Waals surface area contributed by atoms with E-state index >= 15 is 0 Å². The van der Waals surface area contributed by atoms with Crippen LogP contribution in [0.1, 0.15) is 49.7 Å². The second kappa shape index (κ2) is 10.9.